The minimum absolute atomic E-state index is 0.102. The number of carbonyl (C=O) groups excluding carboxylic acids is 1. The first-order chi connectivity index (χ1) is 7.63. The number of amides is 2. The van der Waals surface area contributed by atoms with Gasteiger partial charge in [0.15, 0.2) is 0 Å². The number of rotatable bonds is 2. The molecule has 0 unspecified atom stereocenters. The molecule has 1 saturated heterocycles. The number of likely N-dealkylation sites (tertiary alicyclic amines) is 1. The van der Waals surface area contributed by atoms with Crippen LogP contribution in [-0.2, 0) is 10.0 Å². The number of hydrogen-bond acceptors (Lipinski definition) is 3. The highest BCUT2D eigenvalue weighted by Crippen LogP contribution is 2.17. The molecule has 17 heavy (non-hydrogen) atoms. The van der Waals surface area contributed by atoms with Crippen molar-refractivity contribution in [2.24, 2.45) is 5.73 Å². The van der Waals surface area contributed by atoms with E-state index in [1.165, 1.54) is 4.90 Å². The summed E-state index contributed by atoms with van der Waals surface area (Å²) in [6.07, 6.45) is 1.22. The van der Waals surface area contributed by atoms with Crippen LogP contribution < -0.4 is 10.5 Å². The number of nitrogens with one attached hydrogen (secondary N) is 1. The summed E-state index contributed by atoms with van der Waals surface area (Å²) in [5.41, 5.74) is 5.16. The van der Waals surface area contributed by atoms with E-state index in [0.29, 0.717) is 25.9 Å². The fraction of sp³-hybridized carbons (Fsp3) is 0.900. The fourth-order valence-electron chi connectivity index (χ4n) is 1.61. The largest absolute Gasteiger partial charge is 0.351 e. The Labute approximate surface area is 103 Å². The zero-order valence-corrected chi connectivity index (χ0v) is 11.4. The number of carbonyl (C=O) groups is 1. The molecule has 0 aromatic carbocycles. The summed E-state index contributed by atoms with van der Waals surface area (Å²) in [6.45, 7) is 5.99. The number of urea groups is 1. The number of primary amides is 1. The highest BCUT2D eigenvalue weighted by Gasteiger charge is 2.32. The highest BCUT2D eigenvalue weighted by atomic mass is 32.2. The molecule has 1 heterocycles. The molecule has 0 aliphatic carbocycles. The van der Waals surface area contributed by atoms with Gasteiger partial charge in [0.05, 0.1) is 4.75 Å². The van der Waals surface area contributed by atoms with E-state index in [4.69, 9.17) is 5.73 Å². The standard InChI is InChI=1S/C10H21N3O3S/c1-10(2,3)17(15,16)12-8-4-6-13(7-5-8)9(11)14/h8,12H,4-7H2,1-3H3,(H2,11,14). The number of hydrogen-bond donors (Lipinski definition) is 2. The average Bonchev–Trinajstić information content (AvgIpc) is 2.16. The molecule has 1 rings (SSSR count). The van der Waals surface area contributed by atoms with Gasteiger partial charge in [-0.05, 0) is 33.6 Å². The Balaban J connectivity index is 2.55. The highest BCUT2D eigenvalue weighted by molar-refractivity contribution is 7.90. The van der Waals surface area contributed by atoms with Crippen molar-refractivity contribution in [2.75, 3.05) is 13.1 Å². The third-order valence-electron chi connectivity index (χ3n) is 2.93. The molecular formula is C10H21N3O3S. The normalized spacial score (nSPS) is 19.4. The van der Waals surface area contributed by atoms with Gasteiger partial charge in [0.25, 0.3) is 0 Å². The van der Waals surface area contributed by atoms with Crippen LogP contribution in [0.5, 0.6) is 0 Å². The molecule has 0 bridgehead atoms. The molecule has 0 aromatic rings. The summed E-state index contributed by atoms with van der Waals surface area (Å²) >= 11 is 0. The Hall–Kier alpha value is -0.820. The Morgan fingerprint density at radius 3 is 2.12 bits per heavy atom. The van der Waals surface area contributed by atoms with Gasteiger partial charge in [0.1, 0.15) is 0 Å². The van der Waals surface area contributed by atoms with Crippen LogP contribution in [0, 0.1) is 0 Å². The van der Waals surface area contributed by atoms with Crippen molar-refractivity contribution < 1.29 is 13.2 Å². The Morgan fingerprint density at radius 2 is 1.76 bits per heavy atom. The van der Waals surface area contributed by atoms with Gasteiger partial charge in [-0.15, -0.1) is 0 Å². The summed E-state index contributed by atoms with van der Waals surface area (Å²) < 4.78 is 25.7. The average molecular weight is 263 g/mol. The molecule has 100 valence electrons. The van der Waals surface area contributed by atoms with Crippen LogP contribution in [-0.4, -0.2) is 43.2 Å². The van der Waals surface area contributed by atoms with Gasteiger partial charge in [-0.25, -0.2) is 17.9 Å². The fourth-order valence-corrected chi connectivity index (χ4v) is 2.64. The first kappa shape index (κ1) is 14.2. The molecule has 1 aliphatic rings. The Morgan fingerprint density at radius 1 is 1.29 bits per heavy atom. The first-order valence-electron chi connectivity index (χ1n) is 5.70. The smallest absolute Gasteiger partial charge is 0.314 e. The van der Waals surface area contributed by atoms with Crippen molar-refractivity contribution >= 4 is 16.1 Å². The summed E-state index contributed by atoms with van der Waals surface area (Å²) in [6, 6.07) is -0.544. The zero-order chi connectivity index (χ0) is 13.3. The molecule has 3 N–H and O–H groups in total. The lowest BCUT2D eigenvalue weighted by atomic mass is 10.1. The van der Waals surface area contributed by atoms with Crippen molar-refractivity contribution in [1.29, 1.82) is 0 Å². The summed E-state index contributed by atoms with van der Waals surface area (Å²) in [5.74, 6) is 0. The maximum absolute atomic E-state index is 11.9. The van der Waals surface area contributed by atoms with Crippen LogP contribution in [0.4, 0.5) is 4.79 Å². The monoisotopic (exact) mass is 263 g/mol. The first-order valence-corrected chi connectivity index (χ1v) is 7.18. The molecule has 2 amide bonds. The Kier molecular flexibility index (Phi) is 4.03. The van der Waals surface area contributed by atoms with Gasteiger partial charge in [-0.2, -0.15) is 0 Å². The molecule has 1 aliphatic heterocycles. The second kappa shape index (κ2) is 4.81. The topological polar surface area (TPSA) is 92.5 Å². The number of nitrogens with two attached hydrogens (primary N) is 1. The molecule has 0 atom stereocenters. The second-order valence-corrected chi connectivity index (χ2v) is 7.80. The van der Waals surface area contributed by atoms with Crippen LogP contribution in [0.3, 0.4) is 0 Å². The number of piperidine rings is 1. The maximum atomic E-state index is 11.9. The quantitative estimate of drug-likeness (QED) is 0.748. The molecule has 0 spiro atoms. The Bertz CT molecular complexity index is 378. The lowest BCUT2D eigenvalue weighted by Gasteiger charge is -2.32. The van der Waals surface area contributed by atoms with Crippen molar-refractivity contribution in [3.05, 3.63) is 0 Å². The molecule has 7 heteroatoms. The molecule has 0 aromatic heterocycles. The van der Waals surface area contributed by atoms with Crippen LogP contribution >= 0.6 is 0 Å². The molecule has 1 fully saturated rings. The van der Waals surface area contributed by atoms with E-state index in [0.717, 1.165) is 0 Å². The summed E-state index contributed by atoms with van der Waals surface area (Å²) in [5, 5.41) is 0. The van der Waals surface area contributed by atoms with Gasteiger partial charge in [0, 0.05) is 19.1 Å². The van der Waals surface area contributed by atoms with E-state index in [1.54, 1.807) is 20.8 Å². The van der Waals surface area contributed by atoms with Crippen molar-refractivity contribution in [3.63, 3.8) is 0 Å². The summed E-state index contributed by atoms with van der Waals surface area (Å²) in [4.78, 5) is 12.4. The van der Waals surface area contributed by atoms with Gasteiger partial charge >= 0.3 is 6.03 Å². The van der Waals surface area contributed by atoms with E-state index in [-0.39, 0.29) is 6.04 Å². The minimum atomic E-state index is -3.32. The SMILES string of the molecule is CC(C)(C)S(=O)(=O)NC1CCN(C(N)=O)CC1. The molecule has 0 radical (unpaired) electrons. The van der Waals surface area contributed by atoms with Crippen molar-refractivity contribution in [3.8, 4) is 0 Å². The van der Waals surface area contributed by atoms with Gasteiger partial charge in [0.2, 0.25) is 10.0 Å². The number of nitrogens with zero attached hydrogens (tertiary/aromatic N) is 1. The molecule has 0 saturated carbocycles. The van der Waals surface area contributed by atoms with E-state index in [1.807, 2.05) is 0 Å². The lowest BCUT2D eigenvalue weighted by Crippen LogP contribution is -2.51. The van der Waals surface area contributed by atoms with Crippen LogP contribution in [0.2, 0.25) is 0 Å². The van der Waals surface area contributed by atoms with E-state index >= 15 is 0 Å². The van der Waals surface area contributed by atoms with Gasteiger partial charge in [-0.1, -0.05) is 0 Å². The second-order valence-electron chi connectivity index (χ2n) is 5.33. The van der Waals surface area contributed by atoms with E-state index < -0.39 is 20.8 Å². The lowest BCUT2D eigenvalue weighted by molar-refractivity contribution is 0.189. The third-order valence-corrected chi connectivity index (χ3v) is 5.19. The van der Waals surface area contributed by atoms with E-state index in [2.05, 4.69) is 4.72 Å². The predicted molar refractivity (Wildman–Crippen MR) is 66.0 cm³/mol. The molecule has 6 nitrogen and oxygen atoms in total. The third kappa shape index (κ3) is 3.57. The van der Waals surface area contributed by atoms with Crippen molar-refractivity contribution in [2.45, 2.75) is 44.4 Å². The molecular weight excluding hydrogens is 242 g/mol. The van der Waals surface area contributed by atoms with Crippen molar-refractivity contribution in [1.82, 2.24) is 9.62 Å². The van der Waals surface area contributed by atoms with Crippen LogP contribution in [0.15, 0.2) is 0 Å². The maximum Gasteiger partial charge on any atom is 0.314 e. The van der Waals surface area contributed by atoms with Gasteiger partial charge < -0.3 is 10.6 Å². The number of sulfonamides is 1. The summed E-state index contributed by atoms with van der Waals surface area (Å²) in [7, 11) is -3.32. The van der Waals surface area contributed by atoms with Crippen LogP contribution in [0.1, 0.15) is 33.6 Å². The predicted octanol–water partition coefficient (Wildman–Crippen LogP) is 0.247. The zero-order valence-electron chi connectivity index (χ0n) is 10.6. The van der Waals surface area contributed by atoms with E-state index in [9.17, 15) is 13.2 Å². The van der Waals surface area contributed by atoms with Crippen LogP contribution in [0.25, 0.3) is 0 Å². The van der Waals surface area contributed by atoms with Gasteiger partial charge in [-0.3, -0.25) is 0 Å². The minimum Gasteiger partial charge on any atom is -0.351 e.